The number of methoxy groups -OCH3 is 1. The Bertz CT molecular complexity index is 525. The number of carbonyl (C=O) groups excluding carboxylic acids is 2. The van der Waals surface area contributed by atoms with Crippen molar-refractivity contribution in [1.29, 1.82) is 0 Å². The van der Waals surface area contributed by atoms with Crippen molar-refractivity contribution in [3.8, 4) is 0 Å². The highest BCUT2D eigenvalue weighted by Crippen LogP contribution is 2.12. The van der Waals surface area contributed by atoms with Crippen molar-refractivity contribution in [2.45, 2.75) is 32.8 Å². The van der Waals surface area contributed by atoms with E-state index in [0.29, 0.717) is 5.56 Å². The monoisotopic (exact) mass is 311 g/mol. The number of esters is 1. The van der Waals surface area contributed by atoms with Crippen LogP contribution in [0.5, 0.6) is 0 Å². The summed E-state index contributed by atoms with van der Waals surface area (Å²) >= 11 is 0. The molecule has 0 spiro atoms. The maximum Gasteiger partial charge on any atom is 0.410 e. The molecule has 0 saturated heterocycles. The van der Waals surface area contributed by atoms with Crippen molar-refractivity contribution in [3.05, 3.63) is 35.6 Å². The number of carbonyl (C=O) groups is 2. The fourth-order valence-electron chi connectivity index (χ4n) is 1.74. The van der Waals surface area contributed by atoms with E-state index < -0.39 is 17.7 Å². The molecule has 5 nitrogen and oxygen atoms in total. The van der Waals surface area contributed by atoms with Gasteiger partial charge in [-0.05, 0) is 38.8 Å². The maximum absolute atomic E-state index is 13.6. The molecule has 0 aliphatic carbocycles. The normalized spacial score (nSPS) is 11.0. The van der Waals surface area contributed by atoms with E-state index in [-0.39, 0.29) is 25.3 Å². The van der Waals surface area contributed by atoms with Crippen molar-refractivity contribution in [2.24, 2.45) is 0 Å². The second-order valence-corrected chi connectivity index (χ2v) is 5.82. The van der Waals surface area contributed by atoms with Gasteiger partial charge in [0.15, 0.2) is 0 Å². The summed E-state index contributed by atoms with van der Waals surface area (Å²) in [5, 5.41) is 0. The van der Waals surface area contributed by atoms with Crippen LogP contribution in [-0.2, 0) is 20.7 Å². The minimum atomic E-state index is -0.677. The fraction of sp³-hybridized carbons (Fsp3) is 0.500. The first-order valence-corrected chi connectivity index (χ1v) is 7.01. The zero-order valence-electron chi connectivity index (χ0n) is 13.4. The summed E-state index contributed by atoms with van der Waals surface area (Å²) in [5.74, 6) is -0.899. The first kappa shape index (κ1) is 17.9. The first-order valence-electron chi connectivity index (χ1n) is 7.01. The van der Waals surface area contributed by atoms with Gasteiger partial charge in [0.2, 0.25) is 0 Å². The molecule has 0 heterocycles. The average molecular weight is 311 g/mol. The lowest BCUT2D eigenvalue weighted by Crippen LogP contribution is -2.41. The first-order chi connectivity index (χ1) is 10.2. The molecule has 0 aromatic heterocycles. The summed E-state index contributed by atoms with van der Waals surface area (Å²) in [7, 11) is 1.24. The van der Waals surface area contributed by atoms with Crippen LogP contribution in [0, 0.1) is 5.82 Å². The molecular formula is C16H22FNO4. The molecule has 0 radical (unpaired) electrons. The standard InChI is InChI=1S/C16H22FNO4/c1-16(2,3)22-15(20)18(11-14(19)21-4)10-9-12-7-5-6-8-13(12)17/h5-8H,9-11H2,1-4H3. The van der Waals surface area contributed by atoms with E-state index in [1.807, 2.05) is 0 Å². The van der Waals surface area contributed by atoms with E-state index in [1.165, 1.54) is 18.1 Å². The van der Waals surface area contributed by atoms with Crippen LogP contribution in [-0.4, -0.2) is 42.8 Å². The highest BCUT2D eigenvalue weighted by Gasteiger charge is 2.24. The molecule has 0 N–H and O–H groups in total. The van der Waals surface area contributed by atoms with Crippen molar-refractivity contribution >= 4 is 12.1 Å². The molecule has 122 valence electrons. The second kappa shape index (κ2) is 7.77. The number of hydrogen-bond acceptors (Lipinski definition) is 4. The summed E-state index contributed by atoms with van der Waals surface area (Å²) in [4.78, 5) is 24.8. The number of hydrogen-bond donors (Lipinski definition) is 0. The van der Waals surface area contributed by atoms with Crippen LogP contribution < -0.4 is 0 Å². The molecule has 0 atom stereocenters. The van der Waals surface area contributed by atoms with Gasteiger partial charge >= 0.3 is 12.1 Å². The summed E-state index contributed by atoms with van der Waals surface area (Å²) < 4.78 is 23.4. The summed E-state index contributed by atoms with van der Waals surface area (Å²) in [5.41, 5.74) is -0.204. The Labute approximate surface area is 130 Å². The van der Waals surface area contributed by atoms with Crippen LogP contribution in [0.3, 0.4) is 0 Å². The van der Waals surface area contributed by atoms with Gasteiger partial charge < -0.3 is 9.47 Å². The lowest BCUT2D eigenvalue weighted by Gasteiger charge is -2.26. The smallest absolute Gasteiger partial charge is 0.410 e. The van der Waals surface area contributed by atoms with Crippen molar-refractivity contribution < 1.29 is 23.5 Å². The van der Waals surface area contributed by atoms with Gasteiger partial charge in [-0.25, -0.2) is 9.18 Å². The molecule has 0 bridgehead atoms. The third kappa shape index (κ3) is 6.11. The largest absolute Gasteiger partial charge is 0.468 e. The Morgan fingerprint density at radius 2 is 1.86 bits per heavy atom. The van der Waals surface area contributed by atoms with Crippen molar-refractivity contribution in [2.75, 3.05) is 20.2 Å². The topological polar surface area (TPSA) is 55.8 Å². The molecule has 1 rings (SSSR count). The molecule has 0 aliphatic rings. The van der Waals surface area contributed by atoms with Crippen molar-refractivity contribution in [1.82, 2.24) is 4.90 Å². The van der Waals surface area contributed by atoms with E-state index in [9.17, 15) is 14.0 Å². The minimum absolute atomic E-state index is 0.158. The number of halogens is 1. The fourth-order valence-corrected chi connectivity index (χ4v) is 1.74. The molecule has 1 aromatic rings. The zero-order chi connectivity index (χ0) is 16.8. The highest BCUT2D eigenvalue weighted by atomic mass is 19.1. The SMILES string of the molecule is COC(=O)CN(CCc1ccccc1F)C(=O)OC(C)(C)C. The molecule has 0 aliphatic heterocycles. The average Bonchev–Trinajstić information content (AvgIpc) is 2.42. The number of ether oxygens (including phenoxy) is 2. The Balaban J connectivity index is 2.75. The third-order valence-corrected chi connectivity index (χ3v) is 2.81. The van der Waals surface area contributed by atoms with Crippen LogP contribution in [0.25, 0.3) is 0 Å². The van der Waals surface area contributed by atoms with Crippen LogP contribution in [0.4, 0.5) is 9.18 Å². The zero-order valence-corrected chi connectivity index (χ0v) is 13.4. The number of amides is 1. The minimum Gasteiger partial charge on any atom is -0.468 e. The molecule has 6 heteroatoms. The molecule has 22 heavy (non-hydrogen) atoms. The number of benzene rings is 1. The summed E-state index contributed by atoms with van der Waals surface area (Å²) in [6, 6.07) is 6.31. The third-order valence-electron chi connectivity index (χ3n) is 2.81. The van der Waals surface area contributed by atoms with E-state index in [4.69, 9.17) is 4.74 Å². The highest BCUT2D eigenvalue weighted by molar-refractivity contribution is 5.78. The lowest BCUT2D eigenvalue weighted by molar-refractivity contribution is -0.141. The van der Waals surface area contributed by atoms with Gasteiger partial charge in [0.1, 0.15) is 18.0 Å². The molecule has 0 saturated carbocycles. The maximum atomic E-state index is 13.6. The van der Waals surface area contributed by atoms with E-state index in [2.05, 4.69) is 4.74 Å². The van der Waals surface area contributed by atoms with Crippen molar-refractivity contribution in [3.63, 3.8) is 0 Å². The lowest BCUT2D eigenvalue weighted by atomic mass is 10.1. The van der Waals surface area contributed by atoms with Crippen LogP contribution in [0.2, 0.25) is 0 Å². The number of rotatable bonds is 5. The van der Waals surface area contributed by atoms with Gasteiger partial charge in [-0.2, -0.15) is 0 Å². The van der Waals surface area contributed by atoms with Crippen LogP contribution in [0.1, 0.15) is 26.3 Å². The van der Waals surface area contributed by atoms with E-state index in [0.717, 1.165) is 0 Å². The van der Waals surface area contributed by atoms with Gasteiger partial charge in [-0.1, -0.05) is 18.2 Å². The van der Waals surface area contributed by atoms with Gasteiger partial charge in [-0.3, -0.25) is 9.69 Å². The quantitative estimate of drug-likeness (QED) is 0.785. The van der Waals surface area contributed by atoms with E-state index in [1.54, 1.807) is 39.0 Å². The summed E-state index contributed by atoms with van der Waals surface area (Å²) in [6.45, 7) is 5.12. The van der Waals surface area contributed by atoms with Gasteiger partial charge in [0, 0.05) is 6.54 Å². The van der Waals surface area contributed by atoms with E-state index >= 15 is 0 Å². The molecule has 0 unspecified atom stereocenters. The summed E-state index contributed by atoms with van der Waals surface area (Å²) in [6.07, 6.45) is -0.350. The van der Waals surface area contributed by atoms with Gasteiger partial charge in [0.25, 0.3) is 0 Å². The van der Waals surface area contributed by atoms with Crippen LogP contribution >= 0.6 is 0 Å². The Kier molecular flexibility index (Phi) is 6.34. The van der Waals surface area contributed by atoms with Crippen LogP contribution in [0.15, 0.2) is 24.3 Å². The predicted molar refractivity (Wildman–Crippen MR) is 79.9 cm³/mol. The molecular weight excluding hydrogens is 289 g/mol. The molecule has 0 fully saturated rings. The Morgan fingerprint density at radius 1 is 1.23 bits per heavy atom. The van der Waals surface area contributed by atoms with Gasteiger partial charge in [-0.15, -0.1) is 0 Å². The second-order valence-electron chi connectivity index (χ2n) is 5.82. The Morgan fingerprint density at radius 3 is 2.41 bits per heavy atom. The Hall–Kier alpha value is -2.11. The molecule has 1 aromatic carbocycles. The predicted octanol–water partition coefficient (Wildman–Crippen LogP) is 2.78. The molecule has 1 amide bonds. The van der Waals surface area contributed by atoms with Gasteiger partial charge in [0.05, 0.1) is 7.11 Å². The number of nitrogens with zero attached hydrogens (tertiary/aromatic N) is 1.